The topological polar surface area (TPSA) is 68.5 Å². The van der Waals surface area contributed by atoms with Crippen LogP contribution in [0.4, 0.5) is 18.9 Å². The highest BCUT2D eigenvalue weighted by Gasteiger charge is 2.14. The Balaban J connectivity index is 1.89. The number of carbonyl (C=O) groups is 1. The monoisotopic (exact) mass is 349 g/mol. The van der Waals surface area contributed by atoms with E-state index >= 15 is 0 Å². The number of halogens is 3. The lowest BCUT2D eigenvalue weighted by Crippen LogP contribution is -2.15. The summed E-state index contributed by atoms with van der Waals surface area (Å²) in [7, 11) is 0. The first-order valence-electron chi connectivity index (χ1n) is 7.02. The van der Waals surface area contributed by atoms with Gasteiger partial charge in [-0.25, -0.2) is 9.18 Å². The molecule has 0 fully saturated rings. The second-order valence-corrected chi connectivity index (χ2v) is 4.99. The molecule has 2 aromatic carbocycles. The molecule has 0 bridgehead atoms. The van der Waals surface area contributed by atoms with Crippen LogP contribution < -0.4 is 15.7 Å². The maximum atomic E-state index is 13.3. The highest BCUT2D eigenvalue weighted by molar-refractivity contribution is 6.04. The van der Waals surface area contributed by atoms with E-state index < -0.39 is 24.0 Å². The molecule has 0 aliphatic heterocycles. The molecule has 0 radical (unpaired) electrons. The van der Waals surface area contributed by atoms with E-state index in [2.05, 4.69) is 10.1 Å². The number of amides is 1. The van der Waals surface area contributed by atoms with Crippen LogP contribution in [0.15, 0.2) is 57.7 Å². The molecule has 1 amide bonds. The molecule has 1 heterocycles. The van der Waals surface area contributed by atoms with Gasteiger partial charge in [0, 0.05) is 11.8 Å². The van der Waals surface area contributed by atoms with Gasteiger partial charge in [0.1, 0.15) is 11.6 Å². The average Bonchev–Trinajstić information content (AvgIpc) is 2.54. The zero-order valence-corrected chi connectivity index (χ0v) is 12.5. The summed E-state index contributed by atoms with van der Waals surface area (Å²) in [4.78, 5) is 24.1. The normalized spacial score (nSPS) is 10.9. The molecule has 0 atom stereocenters. The Morgan fingerprint density at radius 3 is 2.68 bits per heavy atom. The first kappa shape index (κ1) is 16.6. The van der Waals surface area contributed by atoms with Crippen LogP contribution in [0.25, 0.3) is 10.8 Å². The van der Waals surface area contributed by atoms with Gasteiger partial charge in [0.05, 0.1) is 5.39 Å². The SMILES string of the molecule is O=C(Nc1cccc(OC(F)F)c1)c1cc2cc(F)ccc2c(=O)o1. The predicted molar refractivity (Wildman–Crippen MR) is 83.5 cm³/mol. The molecule has 0 aliphatic carbocycles. The standard InChI is InChI=1S/C17H10F3NO4/c18-10-4-5-13-9(6-10)7-14(25-16(13)23)15(22)21-11-2-1-3-12(8-11)24-17(19)20/h1-8,17H,(H,21,22). The molecule has 1 aromatic heterocycles. The zero-order chi connectivity index (χ0) is 18.0. The number of alkyl halides is 2. The third-order valence-corrected chi connectivity index (χ3v) is 3.26. The van der Waals surface area contributed by atoms with Crippen LogP contribution in [0.2, 0.25) is 0 Å². The van der Waals surface area contributed by atoms with Crippen LogP contribution in [-0.2, 0) is 0 Å². The lowest BCUT2D eigenvalue weighted by Gasteiger charge is -2.08. The van der Waals surface area contributed by atoms with E-state index in [0.717, 1.165) is 12.1 Å². The first-order chi connectivity index (χ1) is 11.9. The lowest BCUT2D eigenvalue weighted by atomic mass is 10.1. The Morgan fingerprint density at radius 1 is 1.12 bits per heavy atom. The molecule has 0 saturated heterocycles. The molecular formula is C17H10F3NO4. The highest BCUT2D eigenvalue weighted by atomic mass is 19.3. The second-order valence-electron chi connectivity index (χ2n) is 4.99. The van der Waals surface area contributed by atoms with Crippen molar-refractivity contribution in [1.29, 1.82) is 0 Å². The van der Waals surface area contributed by atoms with Gasteiger partial charge in [-0.1, -0.05) is 6.07 Å². The first-order valence-corrected chi connectivity index (χ1v) is 7.02. The Kier molecular flexibility index (Phi) is 4.42. The fraction of sp³-hybridized carbons (Fsp3) is 0.0588. The van der Waals surface area contributed by atoms with E-state index in [1.165, 1.54) is 36.4 Å². The summed E-state index contributed by atoms with van der Waals surface area (Å²) in [5.74, 6) is -1.85. The number of fused-ring (bicyclic) bond motifs is 1. The molecule has 5 nitrogen and oxygen atoms in total. The second kappa shape index (κ2) is 6.68. The molecule has 0 saturated carbocycles. The van der Waals surface area contributed by atoms with Crippen molar-refractivity contribution in [2.75, 3.05) is 5.32 Å². The van der Waals surface area contributed by atoms with Crippen molar-refractivity contribution in [2.24, 2.45) is 0 Å². The molecule has 25 heavy (non-hydrogen) atoms. The number of nitrogens with one attached hydrogen (secondary N) is 1. The summed E-state index contributed by atoms with van der Waals surface area (Å²) in [6.07, 6.45) is 0. The van der Waals surface area contributed by atoms with Crippen LogP contribution in [0.3, 0.4) is 0 Å². The van der Waals surface area contributed by atoms with Crippen LogP contribution in [-0.4, -0.2) is 12.5 Å². The third kappa shape index (κ3) is 3.79. The molecule has 3 aromatic rings. The Bertz CT molecular complexity index is 1000. The van der Waals surface area contributed by atoms with Crippen molar-refractivity contribution in [3.63, 3.8) is 0 Å². The van der Waals surface area contributed by atoms with Crippen molar-refractivity contribution in [1.82, 2.24) is 0 Å². The molecule has 128 valence electrons. The van der Waals surface area contributed by atoms with Gasteiger partial charge in [-0.2, -0.15) is 8.78 Å². The highest BCUT2D eigenvalue weighted by Crippen LogP contribution is 2.20. The van der Waals surface area contributed by atoms with Crippen molar-refractivity contribution in [3.8, 4) is 5.75 Å². The van der Waals surface area contributed by atoms with E-state index in [-0.39, 0.29) is 28.0 Å². The Morgan fingerprint density at radius 2 is 1.92 bits per heavy atom. The van der Waals surface area contributed by atoms with Gasteiger partial charge >= 0.3 is 12.2 Å². The van der Waals surface area contributed by atoms with E-state index in [4.69, 9.17) is 4.42 Å². The maximum Gasteiger partial charge on any atom is 0.387 e. The number of anilines is 1. The molecule has 1 N–H and O–H groups in total. The third-order valence-electron chi connectivity index (χ3n) is 3.26. The van der Waals surface area contributed by atoms with Gasteiger partial charge < -0.3 is 14.5 Å². The number of rotatable bonds is 4. The summed E-state index contributed by atoms with van der Waals surface area (Å²) in [5.41, 5.74) is -0.637. The van der Waals surface area contributed by atoms with Crippen molar-refractivity contribution in [3.05, 3.63) is 70.5 Å². The number of benzene rings is 2. The number of hydrogen-bond acceptors (Lipinski definition) is 4. The van der Waals surface area contributed by atoms with Gasteiger partial charge in [0.25, 0.3) is 5.91 Å². The smallest absolute Gasteiger partial charge is 0.387 e. The van der Waals surface area contributed by atoms with E-state index in [0.29, 0.717) is 0 Å². The number of carbonyl (C=O) groups excluding carboxylic acids is 1. The van der Waals surface area contributed by atoms with Crippen molar-refractivity contribution in [2.45, 2.75) is 6.61 Å². The number of hydrogen-bond donors (Lipinski definition) is 1. The van der Waals surface area contributed by atoms with E-state index in [1.54, 1.807) is 0 Å². The summed E-state index contributed by atoms with van der Waals surface area (Å²) in [6.45, 7) is -3.00. The lowest BCUT2D eigenvalue weighted by molar-refractivity contribution is -0.0498. The maximum absolute atomic E-state index is 13.3. The predicted octanol–water partition coefficient (Wildman–Crippen LogP) is 3.79. The summed E-state index contributed by atoms with van der Waals surface area (Å²) >= 11 is 0. The zero-order valence-electron chi connectivity index (χ0n) is 12.5. The summed E-state index contributed by atoms with van der Waals surface area (Å²) in [6, 6.07) is 9.99. The summed E-state index contributed by atoms with van der Waals surface area (Å²) < 4.78 is 46.9. The average molecular weight is 349 g/mol. The fourth-order valence-electron chi connectivity index (χ4n) is 2.22. The minimum Gasteiger partial charge on any atom is -0.435 e. The van der Waals surface area contributed by atoms with Gasteiger partial charge in [-0.05, 0) is 41.8 Å². The van der Waals surface area contributed by atoms with Gasteiger partial charge in [-0.3, -0.25) is 4.79 Å². The minimum atomic E-state index is -3.00. The molecular weight excluding hydrogens is 339 g/mol. The molecule has 0 unspecified atom stereocenters. The van der Waals surface area contributed by atoms with E-state index in [9.17, 15) is 22.8 Å². The molecule has 8 heteroatoms. The van der Waals surface area contributed by atoms with Crippen molar-refractivity contribution >= 4 is 22.4 Å². The van der Waals surface area contributed by atoms with Crippen LogP contribution in [0.1, 0.15) is 10.6 Å². The molecule has 0 spiro atoms. The van der Waals surface area contributed by atoms with Gasteiger partial charge in [-0.15, -0.1) is 0 Å². The van der Waals surface area contributed by atoms with Crippen LogP contribution >= 0.6 is 0 Å². The quantitative estimate of drug-likeness (QED) is 0.778. The van der Waals surface area contributed by atoms with Crippen LogP contribution in [0.5, 0.6) is 5.75 Å². The molecule has 0 aliphatic rings. The minimum absolute atomic E-state index is 0.130. The van der Waals surface area contributed by atoms with Crippen molar-refractivity contribution < 1.29 is 27.1 Å². The largest absolute Gasteiger partial charge is 0.435 e. The number of ether oxygens (including phenoxy) is 1. The van der Waals surface area contributed by atoms with Gasteiger partial charge in [0.15, 0.2) is 5.76 Å². The fourth-order valence-corrected chi connectivity index (χ4v) is 2.22. The van der Waals surface area contributed by atoms with Gasteiger partial charge in [0.2, 0.25) is 0 Å². The van der Waals surface area contributed by atoms with E-state index in [1.807, 2.05) is 0 Å². The molecule has 3 rings (SSSR count). The Hall–Kier alpha value is -3.29. The summed E-state index contributed by atoms with van der Waals surface area (Å²) in [5, 5.41) is 2.72. The van der Waals surface area contributed by atoms with Crippen LogP contribution in [0, 0.1) is 5.82 Å². The Labute approximate surface area is 138 Å².